The van der Waals surface area contributed by atoms with E-state index in [0.29, 0.717) is 0 Å². The standard InChI is InChI=1S/C31H29N3/c1-16-18(3)28-14-30-20(5)21(6)31(34-30)15-29-19(4)17(2)27(33-29)13-23-11-22(12-26(16)32-28)24-9-7-8-10-25(23)24/h7-15,32,34H,1-6H3. The van der Waals surface area contributed by atoms with Crippen LogP contribution in [-0.4, -0.2) is 15.0 Å². The second kappa shape index (κ2) is 7.33. The summed E-state index contributed by atoms with van der Waals surface area (Å²) < 4.78 is 0. The third kappa shape index (κ3) is 3.00. The second-order valence-corrected chi connectivity index (χ2v) is 9.71. The molecule has 0 amide bonds. The van der Waals surface area contributed by atoms with Gasteiger partial charge < -0.3 is 9.97 Å². The van der Waals surface area contributed by atoms with E-state index in [1.54, 1.807) is 0 Å². The molecule has 3 heteroatoms. The van der Waals surface area contributed by atoms with Crippen LogP contribution < -0.4 is 0 Å². The number of fused-ring (bicyclic) bond motifs is 11. The molecule has 0 radical (unpaired) electrons. The molecule has 1 aliphatic carbocycles. The SMILES string of the molecule is CC1=C(C)c2cc3[nH]c(cc4[nH]c(cc5cc(cc1n2)-c1ccccc1-5)c(C)c4C)c(C)c3C. The number of rotatable bonds is 0. The first kappa shape index (κ1) is 20.7. The molecule has 0 saturated heterocycles. The summed E-state index contributed by atoms with van der Waals surface area (Å²) in [5.74, 6) is 0. The molecule has 8 bridgehead atoms. The molecule has 4 heterocycles. The Morgan fingerprint density at radius 3 is 1.50 bits per heavy atom. The van der Waals surface area contributed by atoms with E-state index >= 15 is 0 Å². The van der Waals surface area contributed by atoms with Gasteiger partial charge in [0.25, 0.3) is 0 Å². The predicted molar refractivity (Wildman–Crippen MR) is 145 cm³/mol. The van der Waals surface area contributed by atoms with Gasteiger partial charge in [-0.05, 0) is 128 Å². The summed E-state index contributed by atoms with van der Waals surface area (Å²) in [6.45, 7) is 13.1. The van der Waals surface area contributed by atoms with Gasteiger partial charge in [0, 0.05) is 22.1 Å². The molecule has 0 fully saturated rings. The smallest absolute Gasteiger partial charge is 0.0690 e. The van der Waals surface area contributed by atoms with Crippen LogP contribution in [0.25, 0.3) is 55.5 Å². The Labute approximate surface area is 200 Å². The van der Waals surface area contributed by atoms with Crippen LogP contribution in [0.1, 0.15) is 47.5 Å². The number of benzene rings is 1. The number of H-pyrrole nitrogens is 2. The Hall–Kier alpha value is -3.85. The molecule has 3 aromatic heterocycles. The zero-order valence-corrected chi connectivity index (χ0v) is 20.6. The first-order valence-electron chi connectivity index (χ1n) is 11.9. The summed E-state index contributed by atoms with van der Waals surface area (Å²) in [5, 5.41) is 0. The first-order chi connectivity index (χ1) is 16.3. The maximum absolute atomic E-state index is 5.07. The Bertz CT molecular complexity index is 1710. The number of aryl methyl sites for hydroxylation is 4. The minimum absolute atomic E-state index is 1.03. The molecule has 0 atom stereocenters. The van der Waals surface area contributed by atoms with Gasteiger partial charge in [0.2, 0.25) is 0 Å². The highest BCUT2D eigenvalue weighted by Crippen LogP contribution is 2.40. The quantitative estimate of drug-likeness (QED) is 0.248. The molecule has 0 saturated carbocycles. The van der Waals surface area contributed by atoms with E-state index < -0.39 is 0 Å². The van der Waals surface area contributed by atoms with Gasteiger partial charge in [0.15, 0.2) is 0 Å². The van der Waals surface area contributed by atoms with Crippen LogP contribution in [0.4, 0.5) is 0 Å². The predicted octanol–water partition coefficient (Wildman–Crippen LogP) is 8.44. The molecule has 0 spiro atoms. The van der Waals surface area contributed by atoms with Crippen LogP contribution in [0.5, 0.6) is 0 Å². The van der Waals surface area contributed by atoms with E-state index in [1.165, 1.54) is 55.7 Å². The van der Waals surface area contributed by atoms with Crippen LogP contribution in [0.3, 0.4) is 0 Å². The molecular formula is C31H29N3. The molecule has 168 valence electrons. The lowest BCUT2D eigenvalue weighted by Gasteiger charge is -2.01. The van der Waals surface area contributed by atoms with Crippen LogP contribution >= 0.6 is 0 Å². The summed E-state index contributed by atoms with van der Waals surface area (Å²) in [4.78, 5) is 12.4. The van der Waals surface area contributed by atoms with E-state index in [1.807, 2.05) is 0 Å². The third-order valence-corrected chi connectivity index (χ3v) is 7.87. The minimum atomic E-state index is 1.03. The van der Waals surface area contributed by atoms with Crippen molar-refractivity contribution in [3.8, 4) is 22.3 Å². The largest absolute Gasteiger partial charge is 0.355 e. The summed E-state index contributed by atoms with van der Waals surface area (Å²) in [7, 11) is 0. The van der Waals surface area contributed by atoms with Gasteiger partial charge in [0.05, 0.1) is 11.4 Å². The van der Waals surface area contributed by atoms with Crippen molar-refractivity contribution < 1.29 is 0 Å². The van der Waals surface area contributed by atoms with E-state index in [0.717, 1.165) is 33.5 Å². The molecule has 0 unspecified atom stereocenters. The van der Waals surface area contributed by atoms with Crippen LogP contribution in [-0.2, 0) is 0 Å². The highest BCUT2D eigenvalue weighted by Gasteiger charge is 2.18. The molecule has 4 aromatic rings. The van der Waals surface area contributed by atoms with Crippen molar-refractivity contribution in [2.24, 2.45) is 0 Å². The van der Waals surface area contributed by atoms with E-state index in [9.17, 15) is 0 Å². The Morgan fingerprint density at radius 1 is 0.500 bits per heavy atom. The molecule has 1 aliphatic heterocycles. The van der Waals surface area contributed by atoms with Crippen molar-refractivity contribution in [1.82, 2.24) is 15.0 Å². The van der Waals surface area contributed by atoms with E-state index in [2.05, 4.69) is 106 Å². The number of allylic oxidation sites excluding steroid dienone is 2. The Balaban J connectivity index is 1.82. The van der Waals surface area contributed by atoms with Gasteiger partial charge in [-0.1, -0.05) is 24.3 Å². The fourth-order valence-electron chi connectivity index (χ4n) is 5.15. The van der Waals surface area contributed by atoms with Gasteiger partial charge in [-0.15, -0.1) is 0 Å². The van der Waals surface area contributed by atoms with Crippen molar-refractivity contribution >= 4 is 33.2 Å². The molecular weight excluding hydrogens is 414 g/mol. The lowest BCUT2D eigenvalue weighted by molar-refractivity contribution is 1.29. The molecule has 2 N–H and O–H groups in total. The normalized spacial score (nSPS) is 12.9. The third-order valence-electron chi connectivity index (χ3n) is 7.87. The summed E-state index contributed by atoms with van der Waals surface area (Å²) in [6.07, 6.45) is 0. The van der Waals surface area contributed by atoms with E-state index in [4.69, 9.17) is 4.98 Å². The monoisotopic (exact) mass is 443 g/mol. The van der Waals surface area contributed by atoms with Gasteiger partial charge in [-0.3, -0.25) is 0 Å². The second-order valence-electron chi connectivity index (χ2n) is 9.71. The zero-order valence-electron chi connectivity index (χ0n) is 20.6. The number of aromatic nitrogens is 3. The minimum Gasteiger partial charge on any atom is -0.355 e. The van der Waals surface area contributed by atoms with Crippen LogP contribution in [0, 0.1) is 27.7 Å². The summed E-state index contributed by atoms with van der Waals surface area (Å²) in [5.41, 5.74) is 19.2. The van der Waals surface area contributed by atoms with Gasteiger partial charge in [0.1, 0.15) is 0 Å². The van der Waals surface area contributed by atoms with Crippen molar-refractivity contribution in [1.29, 1.82) is 0 Å². The lowest BCUT2D eigenvalue weighted by atomic mass is 10.0. The number of aromatic amines is 2. The number of nitrogens with one attached hydrogen (secondary N) is 2. The molecule has 34 heavy (non-hydrogen) atoms. The van der Waals surface area contributed by atoms with Crippen molar-refractivity contribution in [3.05, 3.63) is 88.2 Å². The van der Waals surface area contributed by atoms with Crippen molar-refractivity contribution in [2.45, 2.75) is 41.5 Å². The highest BCUT2D eigenvalue weighted by atomic mass is 14.8. The van der Waals surface area contributed by atoms with Crippen molar-refractivity contribution in [2.75, 3.05) is 0 Å². The van der Waals surface area contributed by atoms with Crippen molar-refractivity contribution in [3.63, 3.8) is 0 Å². The lowest BCUT2D eigenvalue weighted by Crippen LogP contribution is -1.79. The zero-order chi connectivity index (χ0) is 23.7. The Kier molecular flexibility index (Phi) is 4.47. The fraction of sp³-hybridized carbons (Fsp3) is 0.194. The van der Waals surface area contributed by atoms with Gasteiger partial charge in [-0.25, -0.2) is 4.98 Å². The van der Waals surface area contributed by atoms with Crippen LogP contribution in [0.15, 0.2) is 54.6 Å². The fourth-order valence-corrected chi connectivity index (χ4v) is 5.15. The summed E-state index contributed by atoms with van der Waals surface area (Å²) >= 11 is 0. The number of hydrogen-bond donors (Lipinski definition) is 2. The Morgan fingerprint density at radius 2 is 0.941 bits per heavy atom. The maximum atomic E-state index is 5.07. The molecule has 3 nitrogen and oxygen atoms in total. The highest BCUT2D eigenvalue weighted by molar-refractivity contribution is 5.95. The summed E-state index contributed by atoms with van der Waals surface area (Å²) in [6, 6.07) is 19.9. The average molecular weight is 444 g/mol. The number of nitrogens with zero attached hydrogens (tertiary/aromatic N) is 1. The number of hydrogen-bond acceptors (Lipinski definition) is 1. The maximum Gasteiger partial charge on any atom is 0.0690 e. The van der Waals surface area contributed by atoms with E-state index in [-0.39, 0.29) is 0 Å². The molecule has 1 aromatic carbocycles. The molecule has 2 aliphatic rings. The topological polar surface area (TPSA) is 44.5 Å². The van der Waals surface area contributed by atoms with Gasteiger partial charge in [-0.2, -0.15) is 0 Å². The first-order valence-corrected chi connectivity index (χ1v) is 11.9. The van der Waals surface area contributed by atoms with Gasteiger partial charge >= 0.3 is 0 Å². The average Bonchev–Trinajstić information content (AvgIpc) is 3.48. The van der Waals surface area contributed by atoms with Crippen LogP contribution in [0.2, 0.25) is 0 Å². The molecule has 6 rings (SSSR count).